The van der Waals surface area contributed by atoms with Crippen molar-refractivity contribution in [3.05, 3.63) is 44.3 Å². The molecule has 1 nitrogen and oxygen atoms in total. The third-order valence-corrected chi connectivity index (χ3v) is 6.45. The predicted octanol–water partition coefficient (Wildman–Crippen LogP) is 5.42. The summed E-state index contributed by atoms with van der Waals surface area (Å²) in [6, 6.07) is 7.17. The van der Waals surface area contributed by atoms with Gasteiger partial charge in [-0.3, -0.25) is 0 Å². The average molecular weight is 308 g/mol. The minimum atomic E-state index is 0.365. The van der Waals surface area contributed by atoms with Gasteiger partial charge in [-0.1, -0.05) is 6.92 Å². The molecule has 0 spiro atoms. The second-order valence-corrected chi connectivity index (χ2v) is 7.66. The number of fused-ring (bicyclic) bond motifs is 1. The number of thiophene rings is 3. The Morgan fingerprint density at radius 2 is 2.00 bits per heavy atom. The summed E-state index contributed by atoms with van der Waals surface area (Å²) in [6.07, 6.45) is 1.17. The molecule has 0 aliphatic heterocycles. The Bertz CT molecular complexity index is 633. The SMILES string of the molecule is CCCNC(c1cc2sccc2s1)c1sccc1C. The summed E-state index contributed by atoms with van der Waals surface area (Å²) in [5.41, 5.74) is 1.40. The lowest BCUT2D eigenvalue weighted by Crippen LogP contribution is -2.22. The van der Waals surface area contributed by atoms with Crippen LogP contribution in [0, 0.1) is 6.92 Å². The molecule has 19 heavy (non-hydrogen) atoms. The summed E-state index contributed by atoms with van der Waals surface area (Å²) in [5.74, 6) is 0. The molecular formula is C15H17NS3. The zero-order valence-corrected chi connectivity index (χ0v) is 13.6. The van der Waals surface area contributed by atoms with Gasteiger partial charge in [0.15, 0.2) is 0 Å². The highest BCUT2D eigenvalue weighted by molar-refractivity contribution is 7.27. The number of aryl methyl sites for hydroxylation is 1. The monoisotopic (exact) mass is 307 g/mol. The van der Waals surface area contributed by atoms with Crippen molar-refractivity contribution in [3.8, 4) is 0 Å². The van der Waals surface area contributed by atoms with Crippen molar-refractivity contribution in [3.63, 3.8) is 0 Å². The van der Waals surface area contributed by atoms with Crippen LogP contribution in [0.15, 0.2) is 29.0 Å². The van der Waals surface area contributed by atoms with Crippen LogP contribution in [0.5, 0.6) is 0 Å². The second kappa shape index (κ2) is 5.75. The van der Waals surface area contributed by atoms with E-state index in [2.05, 4.69) is 48.1 Å². The molecule has 100 valence electrons. The van der Waals surface area contributed by atoms with Crippen LogP contribution >= 0.6 is 34.0 Å². The summed E-state index contributed by atoms with van der Waals surface area (Å²) in [5, 5.41) is 8.08. The van der Waals surface area contributed by atoms with E-state index in [1.165, 1.54) is 31.1 Å². The maximum absolute atomic E-state index is 3.71. The van der Waals surface area contributed by atoms with Gasteiger partial charge in [0.2, 0.25) is 0 Å². The number of hydrogen-bond donors (Lipinski definition) is 1. The molecule has 0 saturated carbocycles. The minimum absolute atomic E-state index is 0.365. The summed E-state index contributed by atoms with van der Waals surface area (Å²) < 4.78 is 2.83. The van der Waals surface area contributed by atoms with Crippen LogP contribution in [0.1, 0.15) is 34.7 Å². The lowest BCUT2D eigenvalue weighted by atomic mass is 10.1. The highest BCUT2D eigenvalue weighted by atomic mass is 32.1. The summed E-state index contributed by atoms with van der Waals surface area (Å²) in [4.78, 5) is 2.91. The maximum atomic E-state index is 3.71. The van der Waals surface area contributed by atoms with Gasteiger partial charge in [0, 0.05) is 19.2 Å². The summed E-state index contributed by atoms with van der Waals surface area (Å²) in [7, 11) is 0. The molecule has 0 amide bonds. The second-order valence-electron chi connectivity index (χ2n) is 4.65. The minimum Gasteiger partial charge on any atom is -0.305 e. The Kier molecular flexibility index (Phi) is 4.03. The number of hydrogen-bond acceptors (Lipinski definition) is 4. The van der Waals surface area contributed by atoms with E-state index in [1.807, 2.05) is 34.0 Å². The Morgan fingerprint density at radius 1 is 1.16 bits per heavy atom. The van der Waals surface area contributed by atoms with Crippen LogP contribution in [0.4, 0.5) is 0 Å². The zero-order valence-electron chi connectivity index (χ0n) is 11.1. The van der Waals surface area contributed by atoms with Crippen LogP contribution in [0.2, 0.25) is 0 Å². The Balaban J connectivity index is 1.98. The molecule has 0 aromatic carbocycles. The molecule has 3 aromatic heterocycles. The zero-order chi connectivity index (χ0) is 13.2. The van der Waals surface area contributed by atoms with E-state index in [4.69, 9.17) is 0 Å². The fraction of sp³-hybridized carbons (Fsp3) is 0.333. The normalized spacial score (nSPS) is 13.2. The molecule has 0 fully saturated rings. The first-order valence-electron chi connectivity index (χ1n) is 6.54. The maximum Gasteiger partial charge on any atom is 0.0768 e. The van der Waals surface area contributed by atoms with E-state index in [0.717, 1.165) is 6.54 Å². The van der Waals surface area contributed by atoms with Crippen molar-refractivity contribution in [2.24, 2.45) is 0 Å². The quantitative estimate of drug-likeness (QED) is 0.663. The van der Waals surface area contributed by atoms with Crippen LogP contribution in [-0.2, 0) is 0 Å². The standard InChI is InChI=1S/C15H17NS3/c1-3-6-16-14(15-10(2)4-7-18-15)13-9-12-11(19-13)5-8-17-12/h4-5,7-9,14,16H,3,6H2,1-2H3. The van der Waals surface area contributed by atoms with Gasteiger partial charge in [-0.2, -0.15) is 0 Å². The van der Waals surface area contributed by atoms with Crippen LogP contribution < -0.4 is 5.32 Å². The molecule has 0 radical (unpaired) electrons. The average Bonchev–Trinajstić information content (AvgIpc) is 3.06. The van der Waals surface area contributed by atoms with E-state index in [9.17, 15) is 0 Å². The van der Waals surface area contributed by atoms with Crippen LogP contribution in [-0.4, -0.2) is 6.54 Å². The first-order valence-corrected chi connectivity index (χ1v) is 9.11. The third-order valence-electron chi connectivity index (χ3n) is 3.21. The van der Waals surface area contributed by atoms with Crippen molar-refractivity contribution >= 4 is 43.4 Å². The predicted molar refractivity (Wildman–Crippen MR) is 88.9 cm³/mol. The van der Waals surface area contributed by atoms with Gasteiger partial charge in [-0.05, 0) is 54.4 Å². The van der Waals surface area contributed by atoms with E-state index in [0.29, 0.717) is 6.04 Å². The molecule has 3 aromatic rings. The van der Waals surface area contributed by atoms with Crippen molar-refractivity contribution in [2.75, 3.05) is 6.54 Å². The van der Waals surface area contributed by atoms with E-state index >= 15 is 0 Å². The van der Waals surface area contributed by atoms with Crippen molar-refractivity contribution in [1.82, 2.24) is 5.32 Å². The molecule has 1 N–H and O–H groups in total. The molecule has 1 unspecified atom stereocenters. The van der Waals surface area contributed by atoms with E-state index in [-0.39, 0.29) is 0 Å². The number of nitrogens with one attached hydrogen (secondary N) is 1. The largest absolute Gasteiger partial charge is 0.305 e. The topological polar surface area (TPSA) is 12.0 Å². The first-order chi connectivity index (χ1) is 9.29. The first kappa shape index (κ1) is 13.3. The van der Waals surface area contributed by atoms with Gasteiger partial charge in [0.25, 0.3) is 0 Å². The fourth-order valence-corrected chi connectivity index (χ4v) is 5.52. The van der Waals surface area contributed by atoms with Gasteiger partial charge in [-0.15, -0.1) is 34.0 Å². The van der Waals surface area contributed by atoms with Gasteiger partial charge < -0.3 is 5.32 Å². The Hall–Kier alpha value is -0.680. The lowest BCUT2D eigenvalue weighted by Gasteiger charge is -2.16. The molecular weight excluding hydrogens is 290 g/mol. The molecule has 0 saturated heterocycles. The summed E-state index contributed by atoms with van der Waals surface area (Å²) in [6.45, 7) is 5.49. The molecule has 0 aliphatic rings. The van der Waals surface area contributed by atoms with Gasteiger partial charge in [-0.25, -0.2) is 0 Å². The molecule has 1 atom stereocenters. The van der Waals surface area contributed by atoms with Crippen molar-refractivity contribution in [2.45, 2.75) is 26.3 Å². The fourth-order valence-electron chi connectivity index (χ4n) is 2.22. The molecule has 0 aliphatic carbocycles. The third kappa shape index (κ3) is 2.63. The van der Waals surface area contributed by atoms with Crippen LogP contribution in [0.3, 0.4) is 0 Å². The highest BCUT2D eigenvalue weighted by Gasteiger charge is 2.19. The molecule has 4 heteroatoms. The van der Waals surface area contributed by atoms with Crippen molar-refractivity contribution < 1.29 is 0 Å². The summed E-state index contributed by atoms with van der Waals surface area (Å²) >= 11 is 5.62. The molecule has 3 heterocycles. The molecule has 3 rings (SSSR count). The highest BCUT2D eigenvalue weighted by Crippen LogP contribution is 2.38. The van der Waals surface area contributed by atoms with E-state index < -0.39 is 0 Å². The van der Waals surface area contributed by atoms with Gasteiger partial charge in [0.1, 0.15) is 0 Å². The number of rotatable bonds is 5. The van der Waals surface area contributed by atoms with Gasteiger partial charge >= 0.3 is 0 Å². The van der Waals surface area contributed by atoms with Crippen LogP contribution in [0.25, 0.3) is 9.40 Å². The smallest absolute Gasteiger partial charge is 0.0768 e. The Labute approximate surface area is 125 Å². The lowest BCUT2D eigenvalue weighted by molar-refractivity contribution is 0.611. The molecule has 0 bridgehead atoms. The van der Waals surface area contributed by atoms with Gasteiger partial charge in [0.05, 0.1) is 6.04 Å². The van der Waals surface area contributed by atoms with E-state index in [1.54, 1.807) is 0 Å². The Morgan fingerprint density at radius 3 is 2.68 bits per heavy atom. The van der Waals surface area contributed by atoms with Crippen molar-refractivity contribution in [1.29, 1.82) is 0 Å².